The van der Waals surface area contributed by atoms with Crippen LogP contribution in [0, 0.1) is 12.8 Å². The smallest absolute Gasteiger partial charge is 0.315 e. The monoisotopic (exact) mass is 274 g/mol. The molecule has 110 valence electrons. The molecule has 1 aliphatic carbocycles. The van der Waals surface area contributed by atoms with Crippen molar-refractivity contribution in [1.29, 1.82) is 0 Å². The van der Waals surface area contributed by atoms with Crippen molar-refractivity contribution in [1.82, 2.24) is 10.6 Å². The van der Waals surface area contributed by atoms with E-state index in [4.69, 9.17) is 0 Å². The number of carbonyl (C=O) groups is 1. The summed E-state index contributed by atoms with van der Waals surface area (Å²) in [4.78, 5) is 11.7. The highest BCUT2D eigenvalue weighted by Gasteiger charge is 2.13. The third-order valence-electron chi connectivity index (χ3n) is 4.10. The molecule has 3 heteroatoms. The maximum Gasteiger partial charge on any atom is 0.315 e. The first-order valence-electron chi connectivity index (χ1n) is 7.81. The molecule has 0 atom stereocenters. The van der Waals surface area contributed by atoms with Crippen LogP contribution < -0.4 is 10.6 Å². The van der Waals surface area contributed by atoms with Gasteiger partial charge in [-0.05, 0) is 24.8 Å². The highest BCUT2D eigenvalue weighted by Crippen LogP contribution is 2.25. The van der Waals surface area contributed by atoms with Crippen LogP contribution in [0.3, 0.4) is 0 Å². The Balaban J connectivity index is 1.60. The first kappa shape index (κ1) is 14.9. The second-order valence-corrected chi connectivity index (χ2v) is 5.89. The van der Waals surface area contributed by atoms with E-state index in [0.717, 1.165) is 24.4 Å². The maximum absolute atomic E-state index is 11.7. The van der Waals surface area contributed by atoms with Crippen LogP contribution in [0.15, 0.2) is 24.3 Å². The molecule has 2 N–H and O–H groups in total. The van der Waals surface area contributed by atoms with Crippen LogP contribution >= 0.6 is 0 Å². The number of rotatable bonds is 5. The van der Waals surface area contributed by atoms with Gasteiger partial charge in [0.25, 0.3) is 0 Å². The first-order chi connectivity index (χ1) is 9.74. The Hall–Kier alpha value is -1.51. The molecular formula is C17H26N2O. The van der Waals surface area contributed by atoms with Gasteiger partial charge in [0.1, 0.15) is 0 Å². The van der Waals surface area contributed by atoms with Gasteiger partial charge in [-0.1, -0.05) is 61.9 Å². The molecule has 20 heavy (non-hydrogen) atoms. The van der Waals surface area contributed by atoms with E-state index in [1.54, 1.807) is 0 Å². The Morgan fingerprint density at radius 1 is 1.20 bits per heavy atom. The summed E-state index contributed by atoms with van der Waals surface area (Å²) < 4.78 is 0. The number of amides is 2. The minimum atomic E-state index is -0.0534. The van der Waals surface area contributed by atoms with E-state index >= 15 is 0 Å². The summed E-state index contributed by atoms with van der Waals surface area (Å²) in [6, 6.07) is 8.17. The van der Waals surface area contributed by atoms with Crippen molar-refractivity contribution in [2.24, 2.45) is 5.92 Å². The second kappa shape index (κ2) is 7.93. The summed E-state index contributed by atoms with van der Waals surface area (Å²) in [5.74, 6) is 0.820. The lowest BCUT2D eigenvalue weighted by molar-refractivity contribution is 0.238. The maximum atomic E-state index is 11.7. The number of hydrogen-bond donors (Lipinski definition) is 2. The fourth-order valence-corrected chi connectivity index (χ4v) is 2.93. The van der Waals surface area contributed by atoms with Crippen molar-refractivity contribution in [3.05, 3.63) is 35.4 Å². The largest absolute Gasteiger partial charge is 0.338 e. The molecule has 0 unspecified atom stereocenters. The first-order valence-corrected chi connectivity index (χ1v) is 7.81. The van der Waals surface area contributed by atoms with E-state index in [1.165, 1.54) is 37.7 Å². The quantitative estimate of drug-likeness (QED) is 0.843. The van der Waals surface area contributed by atoms with Crippen molar-refractivity contribution in [3.8, 4) is 0 Å². The molecule has 1 aromatic carbocycles. The van der Waals surface area contributed by atoms with Crippen LogP contribution in [-0.4, -0.2) is 12.6 Å². The summed E-state index contributed by atoms with van der Waals surface area (Å²) in [6.45, 7) is 3.45. The Morgan fingerprint density at radius 2 is 2.00 bits per heavy atom. The van der Waals surface area contributed by atoms with Gasteiger partial charge in [0.15, 0.2) is 0 Å². The van der Waals surface area contributed by atoms with Gasteiger partial charge >= 0.3 is 6.03 Å². The van der Waals surface area contributed by atoms with Crippen LogP contribution in [0.1, 0.15) is 49.7 Å². The van der Waals surface area contributed by atoms with E-state index < -0.39 is 0 Å². The second-order valence-electron chi connectivity index (χ2n) is 5.89. The molecule has 0 saturated heterocycles. The van der Waals surface area contributed by atoms with E-state index in [0.29, 0.717) is 6.54 Å². The van der Waals surface area contributed by atoms with Crippen LogP contribution in [0.2, 0.25) is 0 Å². The molecule has 0 radical (unpaired) electrons. The molecule has 0 heterocycles. The van der Waals surface area contributed by atoms with Crippen LogP contribution in [0.5, 0.6) is 0 Å². The summed E-state index contributed by atoms with van der Waals surface area (Å²) in [7, 11) is 0. The molecule has 0 bridgehead atoms. The van der Waals surface area contributed by atoms with Gasteiger partial charge < -0.3 is 10.6 Å². The normalized spacial score (nSPS) is 15.8. The van der Waals surface area contributed by atoms with Gasteiger partial charge in [-0.2, -0.15) is 0 Å². The minimum absolute atomic E-state index is 0.0534. The van der Waals surface area contributed by atoms with Gasteiger partial charge in [-0.3, -0.25) is 0 Å². The lowest BCUT2D eigenvalue weighted by atomic mass is 9.87. The molecule has 0 aliphatic heterocycles. The Labute approximate surface area is 122 Å². The minimum Gasteiger partial charge on any atom is -0.338 e. The Kier molecular flexibility index (Phi) is 5.90. The van der Waals surface area contributed by atoms with Gasteiger partial charge in [0, 0.05) is 13.1 Å². The summed E-state index contributed by atoms with van der Waals surface area (Å²) in [5, 5.41) is 5.88. The van der Waals surface area contributed by atoms with E-state index in [2.05, 4.69) is 29.7 Å². The lowest BCUT2D eigenvalue weighted by Crippen LogP contribution is -2.36. The van der Waals surface area contributed by atoms with Crippen LogP contribution in [0.25, 0.3) is 0 Å². The van der Waals surface area contributed by atoms with E-state index in [9.17, 15) is 4.79 Å². The molecule has 1 aromatic rings. The van der Waals surface area contributed by atoms with Crippen LogP contribution in [-0.2, 0) is 6.54 Å². The third-order valence-corrected chi connectivity index (χ3v) is 4.10. The molecule has 2 amide bonds. The van der Waals surface area contributed by atoms with Gasteiger partial charge in [0.2, 0.25) is 0 Å². The summed E-state index contributed by atoms with van der Waals surface area (Å²) in [6.07, 6.45) is 7.92. The fraction of sp³-hybridized carbons (Fsp3) is 0.588. The molecule has 1 fully saturated rings. The predicted molar refractivity (Wildman–Crippen MR) is 82.6 cm³/mol. The molecule has 1 saturated carbocycles. The molecule has 0 aromatic heterocycles. The highest BCUT2D eigenvalue weighted by atomic mass is 16.2. The number of hydrogen-bond acceptors (Lipinski definition) is 1. The molecule has 0 spiro atoms. The standard InChI is InChI=1S/C17H26N2O/c1-14-6-5-9-16(12-14)13-19-17(20)18-11-10-15-7-3-2-4-8-15/h5-6,9,12,15H,2-4,7-8,10-11,13H2,1H3,(H2,18,19,20). The predicted octanol–water partition coefficient (Wildman–Crippen LogP) is 3.76. The van der Waals surface area contributed by atoms with Gasteiger partial charge in [-0.15, -0.1) is 0 Å². The Morgan fingerprint density at radius 3 is 2.75 bits per heavy atom. The SMILES string of the molecule is Cc1cccc(CNC(=O)NCCC2CCCCC2)c1. The zero-order valence-electron chi connectivity index (χ0n) is 12.5. The Bertz CT molecular complexity index is 425. The van der Waals surface area contributed by atoms with E-state index in [-0.39, 0.29) is 6.03 Å². The van der Waals surface area contributed by atoms with E-state index in [1.807, 2.05) is 12.1 Å². The van der Waals surface area contributed by atoms with Gasteiger partial charge in [0.05, 0.1) is 0 Å². The molecular weight excluding hydrogens is 248 g/mol. The molecule has 2 rings (SSSR count). The average molecular weight is 274 g/mol. The number of carbonyl (C=O) groups excluding carboxylic acids is 1. The number of benzene rings is 1. The third kappa shape index (κ3) is 5.24. The number of urea groups is 1. The van der Waals surface area contributed by atoms with Crippen molar-refractivity contribution in [2.45, 2.75) is 52.0 Å². The summed E-state index contributed by atoms with van der Waals surface area (Å²) >= 11 is 0. The highest BCUT2D eigenvalue weighted by molar-refractivity contribution is 5.73. The topological polar surface area (TPSA) is 41.1 Å². The molecule has 1 aliphatic rings. The fourth-order valence-electron chi connectivity index (χ4n) is 2.93. The average Bonchev–Trinajstić information content (AvgIpc) is 2.46. The van der Waals surface area contributed by atoms with Crippen molar-refractivity contribution in [3.63, 3.8) is 0 Å². The number of nitrogens with one attached hydrogen (secondary N) is 2. The van der Waals surface area contributed by atoms with Crippen LogP contribution in [0.4, 0.5) is 4.79 Å². The van der Waals surface area contributed by atoms with Crippen molar-refractivity contribution in [2.75, 3.05) is 6.54 Å². The lowest BCUT2D eigenvalue weighted by Gasteiger charge is -2.21. The van der Waals surface area contributed by atoms with Crippen molar-refractivity contribution >= 4 is 6.03 Å². The number of aryl methyl sites for hydroxylation is 1. The van der Waals surface area contributed by atoms with Crippen molar-refractivity contribution < 1.29 is 4.79 Å². The zero-order chi connectivity index (χ0) is 14.2. The zero-order valence-corrected chi connectivity index (χ0v) is 12.5. The molecule has 3 nitrogen and oxygen atoms in total. The van der Waals surface area contributed by atoms with Gasteiger partial charge in [-0.25, -0.2) is 4.79 Å². The summed E-state index contributed by atoms with van der Waals surface area (Å²) in [5.41, 5.74) is 2.37.